The maximum atomic E-state index is 13.5. The lowest BCUT2D eigenvalue weighted by Crippen LogP contribution is -2.24. The average Bonchev–Trinajstić information content (AvgIpc) is 2.93. The van der Waals surface area contributed by atoms with Gasteiger partial charge in [0.15, 0.2) is 0 Å². The number of rotatable bonds is 5. The topological polar surface area (TPSA) is 85.9 Å². The van der Waals surface area contributed by atoms with Gasteiger partial charge in [-0.2, -0.15) is 4.99 Å². The molecule has 0 fully saturated rings. The molecule has 3 N–H and O–H groups in total. The summed E-state index contributed by atoms with van der Waals surface area (Å²) in [4.78, 5) is 16.4. The second-order valence-electron chi connectivity index (χ2n) is 7.16. The largest absolute Gasteiger partial charge is 0.487 e. The number of nitrogens with one attached hydrogen (secondary N) is 1. The van der Waals surface area contributed by atoms with Gasteiger partial charge in [0.1, 0.15) is 40.3 Å². The average molecular weight is 401 g/mol. The van der Waals surface area contributed by atoms with Crippen LogP contribution in [0.25, 0.3) is 0 Å². The molecule has 8 heteroatoms. The molecule has 29 heavy (non-hydrogen) atoms. The molecule has 0 saturated heterocycles. The van der Waals surface area contributed by atoms with Crippen LogP contribution in [0.2, 0.25) is 0 Å². The van der Waals surface area contributed by atoms with Gasteiger partial charge in [-0.05, 0) is 38.3 Å². The zero-order valence-electron chi connectivity index (χ0n) is 16.3. The van der Waals surface area contributed by atoms with Gasteiger partial charge in [-0.25, -0.2) is 8.78 Å². The number of hydrogen-bond donors (Lipinski definition) is 2. The van der Waals surface area contributed by atoms with Gasteiger partial charge in [0, 0.05) is 42.8 Å². The number of hydrogen-bond acceptors (Lipinski definition) is 4. The number of benzene rings is 2. The van der Waals surface area contributed by atoms with Crippen molar-refractivity contribution in [1.82, 2.24) is 5.32 Å². The Morgan fingerprint density at radius 3 is 2.59 bits per heavy atom. The first kappa shape index (κ1) is 20.3. The van der Waals surface area contributed by atoms with Crippen LogP contribution in [-0.4, -0.2) is 24.4 Å². The summed E-state index contributed by atoms with van der Waals surface area (Å²) in [5, 5.41) is 2.75. The third-order valence-corrected chi connectivity index (χ3v) is 4.12. The molecular formula is C21H21F2N3O3. The van der Waals surface area contributed by atoms with Crippen molar-refractivity contribution in [2.75, 3.05) is 7.05 Å². The van der Waals surface area contributed by atoms with Crippen molar-refractivity contribution < 1.29 is 23.0 Å². The van der Waals surface area contributed by atoms with Crippen LogP contribution in [-0.2, 0) is 6.42 Å². The zero-order valence-corrected chi connectivity index (χ0v) is 16.3. The van der Waals surface area contributed by atoms with Crippen LogP contribution >= 0.6 is 0 Å². The Labute approximate surface area is 167 Å². The Hall–Kier alpha value is -3.42. The molecule has 1 amide bonds. The van der Waals surface area contributed by atoms with Gasteiger partial charge in [-0.15, -0.1) is 0 Å². The Morgan fingerprint density at radius 2 is 1.93 bits per heavy atom. The van der Waals surface area contributed by atoms with E-state index in [-0.39, 0.29) is 22.9 Å². The summed E-state index contributed by atoms with van der Waals surface area (Å²) in [6.07, 6.45) is 3.48. The van der Waals surface area contributed by atoms with Crippen LogP contribution in [0, 0.1) is 11.6 Å². The SMILES string of the molecule is CN/C=C\C(N)=NC(=O)c1cc(Oc2cc(F)cc(F)c2)c2c(c1)OC(C)(C)C2. The maximum absolute atomic E-state index is 13.5. The number of nitrogens with two attached hydrogens (primary N) is 1. The molecule has 6 nitrogen and oxygen atoms in total. The summed E-state index contributed by atoms with van der Waals surface area (Å²) in [5.41, 5.74) is 6.06. The van der Waals surface area contributed by atoms with Gasteiger partial charge in [0.25, 0.3) is 5.91 Å². The highest BCUT2D eigenvalue weighted by Crippen LogP contribution is 2.43. The lowest BCUT2D eigenvalue weighted by molar-refractivity contribution is 0.100. The summed E-state index contributed by atoms with van der Waals surface area (Å²) < 4.78 is 38.7. The summed E-state index contributed by atoms with van der Waals surface area (Å²) in [6, 6.07) is 5.89. The molecule has 3 rings (SSSR count). The van der Waals surface area contributed by atoms with Crippen molar-refractivity contribution in [3.05, 3.63) is 65.4 Å². The summed E-state index contributed by atoms with van der Waals surface area (Å²) in [5.74, 6) is -1.44. The fourth-order valence-corrected chi connectivity index (χ4v) is 2.96. The lowest BCUT2D eigenvalue weighted by atomic mass is 9.99. The van der Waals surface area contributed by atoms with Crippen molar-refractivity contribution in [2.24, 2.45) is 10.7 Å². The van der Waals surface area contributed by atoms with Crippen LogP contribution in [0.5, 0.6) is 17.2 Å². The molecule has 0 bridgehead atoms. The Morgan fingerprint density at radius 1 is 1.24 bits per heavy atom. The molecule has 0 aromatic heterocycles. The molecule has 1 aliphatic rings. The standard InChI is InChI=1S/C21H21F2N3O3/c1-21(2)11-16-17(28-15-9-13(22)8-14(23)10-15)6-12(7-18(16)29-21)20(27)26-19(24)4-5-25-3/h4-10,25H,11H2,1-3H3,(H2,24,26,27)/b5-4-. The minimum Gasteiger partial charge on any atom is -0.487 e. The van der Waals surface area contributed by atoms with Crippen molar-refractivity contribution in [3.63, 3.8) is 0 Å². The van der Waals surface area contributed by atoms with Crippen LogP contribution in [0.4, 0.5) is 8.78 Å². The van der Waals surface area contributed by atoms with Crippen LogP contribution in [0.1, 0.15) is 29.8 Å². The summed E-state index contributed by atoms with van der Waals surface area (Å²) in [7, 11) is 1.68. The molecule has 0 aliphatic carbocycles. The molecule has 1 heterocycles. The molecule has 0 atom stereocenters. The molecule has 0 saturated carbocycles. The van der Waals surface area contributed by atoms with Gasteiger partial charge in [-0.1, -0.05) is 0 Å². The van der Waals surface area contributed by atoms with E-state index in [2.05, 4.69) is 10.3 Å². The first-order valence-electron chi connectivity index (χ1n) is 8.89. The molecule has 152 valence electrons. The molecule has 1 aliphatic heterocycles. The Balaban J connectivity index is 2.01. The van der Waals surface area contributed by atoms with Crippen LogP contribution in [0.3, 0.4) is 0 Å². The number of carbonyl (C=O) groups is 1. The van der Waals surface area contributed by atoms with E-state index in [0.29, 0.717) is 17.7 Å². The molecule has 2 aromatic rings. The minimum atomic E-state index is -0.769. The van der Waals surface area contributed by atoms with E-state index in [1.807, 2.05) is 13.8 Å². The van der Waals surface area contributed by atoms with Crippen molar-refractivity contribution in [3.8, 4) is 17.2 Å². The van der Waals surface area contributed by atoms with E-state index in [4.69, 9.17) is 15.2 Å². The predicted molar refractivity (Wildman–Crippen MR) is 105 cm³/mol. The minimum absolute atomic E-state index is 0.0146. The van der Waals surface area contributed by atoms with E-state index in [9.17, 15) is 13.6 Å². The van der Waals surface area contributed by atoms with E-state index >= 15 is 0 Å². The van der Waals surface area contributed by atoms with Gasteiger partial charge in [-0.3, -0.25) is 4.79 Å². The second-order valence-corrected chi connectivity index (χ2v) is 7.16. The van der Waals surface area contributed by atoms with Crippen LogP contribution < -0.4 is 20.5 Å². The monoisotopic (exact) mass is 401 g/mol. The normalized spacial score (nSPS) is 15.1. The molecule has 2 aromatic carbocycles. The Kier molecular flexibility index (Phi) is 5.54. The summed E-state index contributed by atoms with van der Waals surface area (Å²) in [6.45, 7) is 3.78. The van der Waals surface area contributed by atoms with Crippen LogP contribution in [0.15, 0.2) is 47.6 Å². The number of carbonyl (C=O) groups excluding carboxylic acids is 1. The van der Waals surface area contributed by atoms with E-state index < -0.39 is 23.1 Å². The first-order valence-corrected chi connectivity index (χ1v) is 8.89. The number of nitrogens with zero attached hydrogens (tertiary/aromatic N) is 1. The molecule has 0 unspecified atom stereocenters. The number of amidine groups is 1. The molecule has 0 spiro atoms. The fourth-order valence-electron chi connectivity index (χ4n) is 2.96. The van der Waals surface area contributed by atoms with Gasteiger partial charge in [0.2, 0.25) is 0 Å². The number of fused-ring (bicyclic) bond motifs is 1. The fraction of sp³-hybridized carbons (Fsp3) is 0.238. The highest BCUT2D eigenvalue weighted by Gasteiger charge is 2.34. The molecular weight excluding hydrogens is 380 g/mol. The number of amides is 1. The highest BCUT2D eigenvalue weighted by atomic mass is 19.1. The molecule has 0 radical (unpaired) electrons. The number of ether oxygens (including phenoxy) is 2. The van der Waals surface area contributed by atoms with Gasteiger partial charge < -0.3 is 20.5 Å². The van der Waals surface area contributed by atoms with E-state index in [0.717, 1.165) is 18.2 Å². The maximum Gasteiger partial charge on any atom is 0.279 e. The van der Waals surface area contributed by atoms with E-state index in [1.165, 1.54) is 18.3 Å². The van der Waals surface area contributed by atoms with Crippen molar-refractivity contribution in [1.29, 1.82) is 0 Å². The van der Waals surface area contributed by atoms with E-state index in [1.54, 1.807) is 13.1 Å². The highest BCUT2D eigenvalue weighted by molar-refractivity contribution is 6.06. The number of aliphatic imine (C=N–C) groups is 1. The lowest BCUT2D eigenvalue weighted by Gasteiger charge is -2.16. The third kappa shape index (κ3) is 4.90. The third-order valence-electron chi connectivity index (χ3n) is 4.12. The van der Waals surface area contributed by atoms with Crippen molar-refractivity contribution in [2.45, 2.75) is 25.9 Å². The van der Waals surface area contributed by atoms with Crippen molar-refractivity contribution >= 4 is 11.7 Å². The second kappa shape index (κ2) is 7.90. The van der Waals surface area contributed by atoms with Gasteiger partial charge >= 0.3 is 0 Å². The summed E-state index contributed by atoms with van der Waals surface area (Å²) >= 11 is 0. The number of halogens is 2. The Bertz CT molecular complexity index is 996. The first-order chi connectivity index (χ1) is 13.7. The predicted octanol–water partition coefficient (Wildman–Crippen LogP) is 3.70. The smallest absolute Gasteiger partial charge is 0.279 e. The quantitative estimate of drug-likeness (QED) is 0.589. The zero-order chi connectivity index (χ0) is 21.2. The van der Waals surface area contributed by atoms with Gasteiger partial charge in [0.05, 0.1) is 0 Å².